The number of rotatable bonds is 4. The van der Waals surface area contributed by atoms with Gasteiger partial charge in [0.2, 0.25) is 0 Å². The molecule has 0 spiro atoms. The summed E-state index contributed by atoms with van der Waals surface area (Å²) in [5.41, 5.74) is 0.493. The predicted octanol–water partition coefficient (Wildman–Crippen LogP) is 2.38. The highest BCUT2D eigenvalue weighted by Gasteiger charge is 2.13. The van der Waals surface area contributed by atoms with Crippen LogP contribution in [-0.2, 0) is 13.0 Å². The lowest BCUT2D eigenvalue weighted by Crippen LogP contribution is -2.10. The molecular weight excluding hydrogens is 238 g/mol. The smallest absolute Gasteiger partial charge is 0.171 e. The number of hydrogen-bond donors (Lipinski definition) is 0. The molecule has 0 aromatic carbocycles. The van der Waals surface area contributed by atoms with Crippen LogP contribution in [0.25, 0.3) is 0 Å². The van der Waals surface area contributed by atoms with E-state index >= 15 is 0 Å². The van der Waals surface area contributed by atoms with Crippen LogP contribution in [0, 0.1) is 0 Å². The molecule has 0 bridgehead atoms. The third kappa shape index (κ3) is 2.53. The van der Waals surface area contributed by atoms with Gasteiger partial charge in [-0.15, -0.1) is 0 Å². The Morgan fingerprint density at radius 3 is 3.00 bits per heavy atom. The molecule has 2 rings (SSSR count). The van der Waals surface area contributed by atoms with E-state index in [1.807, 2.05) is 17.7 Å². The Bertz CT molecular complexity index is 536. The van der Waals surface area contributed by atoms with Crippen LogP contribution in [0.4, 0.5) is 0 Å². The topological polar surface area (TPSA) is 47.8 Å². The van der Waals surface area contributed by atoms with E-state index in [-0.39, 0.29) is 12.2 Å². The molecule has 0 fully saturated rings. The summed E-state index contributed by atoms with van der Waals surface area (Å²) in [6.45, 7) is 2.81. The van der Waals surface area contributed by atoms with Gasteiger partial charge in [0.1, 0.15) is 5.82 Å². The first-order valence-corrected chi connectivity index (χ1v) is 5.73. The molecule has 0 saturated carbocycles. The zero-order valence-corrected chi connectivity index (χ0v) is 10.2. The van der Waals surface area contributed by atoms with Gasteiger partial charge in [0.15, 0.2) is 5.78 Å². The van der Waals surface area contributed by atoms with E-state index in [9.17, 15) is 4.79 Å². The molecule has 88 valence electrons. The number of aromatic nitrogens is 3. The van der Waals surface area contributed by atoms with Gasteiger partial charge < -0.3 is 4.57 Å². The summed E-state index contributed by atoms with van der Waals surface area (Å²) in [6.07, 6.45) is 6.84. The number of halogens is 1. The van der Waals surface area contributed by atoms with Gasteiger partial charge in [-0.2, -0.15) is 0 Å². The van der Waals surface area contributed by atoms with E-state index in [0.29, 0.717) is 10.6 Å². The third-order valence-electron chi connectivity index (χ3n) is 2.53. The van der Waals surface area contributed by atoms with Crippen molar-refractivity contribution in [1.29, 1.82) is 0 Å². The summed E-state index contributed by atoms with van der Waals surface area (Å²) in [5, 5.41) is 0.382. The van der Waals surface area contributed by atoms with E-state index in [1.165, 1.54) is 6.20 Å². The maximum absolute atomic E-state index is 12.0. The quantitative estimate of drug-likeness (QED) is 0.782. The Labute approximate surface area is 104 Å². The van der Waals surface area contributed by atoms with E-state index in [1.54, 1.807) is 18.5 Å². The predicted molar refractivity (Wildman–Crippen MR) is 65.2 cm³/mol. The number of imidazole rings is 1. The fraction of sp³-hybridized carbons (Fsp3) is 0.250. The molecule has 2 aromatic heterocycles. The second-order valence-corrected chi connectivity index (χ2v) is 3.99. The van der Waals surface area contributed by atoms with Gasteiger partial charge in [0.05, 0.1) is 11.4 Å². The minimum Gasteiger partial charge on any atom is -0.335 e. The fourth-order valence-electron chi connectivity index (χ4n) is 1.64. The van der Waals surface area contributed by atoms with Crippen LogP contribution in [-0.4, -0.2) is 20.3 Å². The van der Waals surface area contributed by atoms with Gasteiger partial charge in [-0.05, 0) is 13.0 Å². The Balaban J connectivity index is 2.20. The van der Waals surface area contributed by atoms with Crippen LogP contribution in [0.15, 0.2) is 30.9 Å². The second-order valence-electron chi connectivity index (χ2n) is 3.58. The molecule has 2 heterocycles. The Morgan fingerprint density at radius 1 is 1.47 bits per heavy atom. The van der Waals surface area contributed by atoms with Gasteiger partial charge in [-0.3, -0.25) is 9.78 Å². The number of pyridine rings is 1. The molecule has 0 radical (unpaired) electrons. The third-order valence-corrected chi connectivity index (χ3v) is 2.84. The summed E-state index contributed by atoms with van der Waals surface area (Å²) >= 11 is 5.92. The lowest BCUT2D eigenvalue weighted by molar-refractivity contribution is 0.0990. The summed E-state index contributed by atoms with van der Waals surface area (Å²) in [5.74, 6) is 0.712. The molecule has 4 nitrogen and oxygen atoms in total. The van der Waals surface area contributed by atoms with Crippen LogP contribution in [0.3, 0.4) is 0 Å². The zero-order valence-electron chi connectivity index (χ0n) is 9.43. The number of Topliss-reactive ketones (excluding diaryl/α,β-unsaturated/α-hetero) is 1. The molecule has 0 amide bonds. The van der Waals surface area contributed by atoms with Crippen molar-refractivity contribution < 1.29 is 4.79 Å². The molecule has 17 heavy (non-hydrogen) atoms. The maximum Gasteiger partial charge on any atom is 0.171 e. The highest BCUT2D eigenvalue weighted by molar-refractivity contribution is 6.33. The van der Waals surface area contributed by atoms with E-state index in [4.69, 9.17) is 11.6 Å². The molecule has 0 aliphatic carbocycles. The van der Waals surface area contributed by atoms with E-state index < -0.39 is 0 Å². The molecule has 0 saturated heterocycles. The molecule has 0 aliphatic rings. The molecule has 0 aliphatic heterocycles. The van der Waals surface area contributed by atoms with Gasteiger partial charge in [-0.25, -0.2) is 4.98 Å². The molecule has 5 heteroatoms. The lowest BCUT2D eigenvalue weighted by atomic mass is 10.1. The van der Waals surface area contributed by atoms with Crippen LogP contribution >= 0.6 is 11.6 Å². The Kier molecular flexibility index (Phi) is 3.54. The second kappa shape index (κ2) is 5.10. The standard InChI is InChI=1S/C12H12ClN3O/c1-2-16-6-5-15-12(16)7-11(17)9-3-4-14-8-10(9)13/h3-6,8H,2,7H2,1H3. The number of nitrogens with zero attached hydrogens (tertiary/aromatic N) is 3. The lowest BCUT2D eigenvalue weighted by Gasteiger charge is -2.05. The van der Waals surface area contributed by atoms with Crippen molar-refractivity contribution in [3.8, 4) is 0 Å². The Hall–Kier alpha value is -1.68. The average molecular weight is 250 g/mol. The number of carbonyl (C=O) groups excluding carboxylic acids is 1. The first-order chi connectivity index (χ1) is 8.22. The van der Waals surface area contributed by atoms with E-state index in [2.05, 4.69) is 9.97 Å². The van der Waals surface area contributed by atoms with Crippen molar-refractivity contribution in [3.63, 3.8) is 0 Å². The van der Waals surface area contributed by atoms with Crippen LogP contribution in [0.1, 0.15) is 23.1 Å². The minimum absolute atomic E-state index is 0.0432. The van der Waals surface area contributed by atoms with Gasteiger partial charge in [0, 0.05) is 36.9 Å². The van der Waals surface area contributed by atoms with Crippen LogP contribution in [0.2, 0.25) is 5.02 Å². The summed E-state index contributed by atoms with van der Waals surface area (Å²) in [6, 6.07) is 1.63. The normalized spacial score (nSPS) is 10.5. The summed E-state index contributed by atoms with van der Waals surface area (Å²) in [4.78, 5) is 20.1. The number of carbonyl (C=O) groups is 1. The monoisotopic (exact) mass is 249 g/mol. The molecule has 0 N–H and O–H groups in total. The van der Waals surface area contributed by atoms with Gasteiger partial charge >= 0.3 is 0 Å². The average Bonchev–Trinajstić information content (AvgIpc) is 2.76. The largest absolute Gasteiger partial charge is 0.335 e. The van der Waals surface area contributed by atoms with Crippen molar-refractivity contribution >= 4 is 17.4 Å². The van der Waals surface area contributed by atoms with Crippen LogP contribution < -0.4 is 0 Å². The molecular formula is C12H12ClN3O. The Morgan fingerprint density at radius 2 is 2.29 bits per heavy atom. The molecule has 0 unspecified atom stereocenters. The van der Waals surface area contributed by atoms with Crippen molar-refractivity contribution in [2.45, 2.75) is 19.9 Å². The first kappa shape index (κ1) is 11.8. The SMILES string of the molecule is CCn1ccnc1CC(=O)c1ccncc1Cl. The van der Waals surface area contributed by atoms with Crippen molar-refractivity contribution in [3.05, 3.63) is 47.3 Å². The number of ketones is 1. The first-order valence-electron chi connectivity index (χ1n) is 5.35. The summed E-state index contributed by atoms with van der Waals surface area (Å²) < 4.78 is 1.94. The number of aryl methyl sites for hydroxylation is 1. The van der Waals surface area contributed by atoms with E-state index in [0.717, 1.165) is 12.4 Å². The minimum atomic E-state index is -0.0432. The van der Waals surface area contributed by atoms with Gasteiger partial charge in [-0.1, -0.05) is 11.6 Å². The van der Waals surface area contributed by atoms with Crippen LogP contribution in [0.5, 0.6) is 0 Å². The number of hydrogen-bond acceptors (Lipinski definition) is 3. The van der Waals surface area contributed by atoms with Crippen molar-refractivity contribution in [1.82, 2.24) is 14.5 Å². The highest BCUT2D eigenvalue weighted by atomic mass is 35.5. The fourth-order valence-corrected chi connectivity index (χ4v) is 1.86. The molecule has 0 atom stereocenters. The maximum atomic E-state index is 12.0. The summed E-state index contributed by atoms with van der Waals surface area (Å²) in [7, 11) is 0. The van der Waals surface area contributed by atoms with Crippen molar-refractivity contribution in [2.24, 2.45) is 0 Å². The molecule has 2 aromatic rings. The highest BCUT2D eigenvalue weighted by Crippen LogP contribution is 2.15. The van der Waals surface area contributed by atoms with Crippen molar-refractivity contribution in [2.75, 3.05) is 0 Å². The van der Waals surface area contributed by atoms with Gasteiger partial charge in [0.25, 0.3) is 0 Å². The zero-order chi connectivity index (χ0) is 12.3.